The topological polar surface area (TPSA) is 34.9 Å². The van der Waals surface area contributed by atoms with Gasteiger partial charge in [-0.2, -0.15) is 5.10 Å². The number of aryl methyl sites for hydroxylation is 2. The average Bonchev–Trinajstić information content (AvgIpc) is 2.28. The number of aldehydes is 1. The van der Waals surface area contributed by atoms with Crippen LogP contribution in [0.15, 0.2) is 12.1 Å². The summed E-state index contributed by atoms with van der Waals surface area (Å²) >= 11 is 0. The quantitative estimate of drug-likeness (QED) is 0.464. The molecule has 0 aliphatic carbocycles. The summed E-state index contributed by atoms with van der Waals surface area (Å²) in [6.45, 7) is 1.96. The van der Waals surface area contributed by atoms with Crippen molar-refractivity contribution in [3.63, 3.8) is 0 Å². The maximum absolute atomic E-state index is 9.95. The molecule has 1 rings (SSSR count). The highest BCUT2D eigenvalue weighted by atomic mass is 16.1. The van der Waals surface area contributed by atoms with Gasteiger partial charge in [-0.3, -0.25) is 9.48 Å². The fraction of sp³-hybridized carbons (Fsp3) is 0.250. The van der Waals surface area contributed by atoms with Crippen LogP contribution >= 0.6 is 0 Å². The fourth-order valence-electron chi connectivity index (χ4n) is 0.808. The molecular weight excluding hydrogens is 140 g/mol. The number of rotatable bonds is 2. The summed E-state index contributed by atoms with van der Waals surface area (Å²) in [5.41, 5.74) is 1.90. The molecule has 58 valence electrons. The highest BCUT2D eigenvalue weighted by molar-refractivity contribution is 5.72. The summed E-state index contributed by atoms with van der Waals surface area (Å²) in [4.78, 5) is 9.95. The van der Waals surface area contributed by atoms with Crippen molar-refractivity contribution in [2.75, 3.05) is 0 Å². The van der Waals surface area contributed by atoms with Gasteiger partial charge in [0.1, 0.15) is 6.29 Å². The third kappa shape index (κ3) is 1.77. The standard InChI is InChI=1S/C8H10N2O/c1-7-6-8(4-3-5-11)9-10(7)2/h3-6H,1-2H3/b4-3+. The van der Waals surface area contributed by atoms with Gasteiger partial charge in [-0.25, -0.2) is 0 Å². The minimum absolute atomic E-state index is 0.740. The van der Waals surface area contributed by atoms with Crippen molar-refractivity contribution in [3.05, 3.63) is 23.5 Å². The van der Waals surface area contributed by atoms with E-state index in [1.807, 2.05) is 20.0 Å². The zero-order valence-corrected chi connectivity index (χ0v) is 6.61. The van der Waals surface area contributed by atoms with Gasteiger partial charge in [0.15, 0.2) is 0 Å². The fourth-order valence-corrected chi connectivity index (χ4v) is 0.808. The molecule has 0 atom stereocenters. The third-order valence-corrected chi connectivity index (χ3v) is 1.48. The lowest BCUT2D eigenvalue weighted by Gasteiger charge is -1.87. The van der Waals surface area contributed by atoms with Crippen LogP contribution in [0.1, 0.15) is 11.4 Å². The van der Waals surface area contributed by atoms with E-state index in [4.69, 9.17) is 0 Å². The minimum Gasteiger partial charge on any atom is -0.299 e. The Morgan fingerprint density at radius 3 is 2.82 bits per heavy atom. The first-order valence-corrected chi connectivity index (χ1v) is 3.36. The van der Waals surface area contributed by atoms with Crippen LogP contribution in [0.5, 0.6) is 0 Å². The third-order valence-electron chi connectivity index (χ3n) is 1.48. The summed E-state index contributed by atoms with van der Waals surface area (Å²) in [6, 6.07) is 1.92. The van der Waals surface area contributed by atoms with E-state index >= 15 is 0 Å². The summed E-state index contributed by atoms with van der Waals surface area (Å²) in [5.74, 6) is 0. The predicted octanol–water partition coefficient (Wildman–Crippen LogP) is 0.941. The monoisotopic (exact) mass is 150 g/mol. The molecule has 0 spiro atoms. The van der Waals surface area contributed by atoms with Crippen LogP contribution in [-0.2, 0) is 11.8 Å². The molecule has 0 fully saturated rings. The minimum atomic E-state index is 0.740. The normalized spacial score (nSPS) is 10.7. The molecule has 3 nitrogen and oxygen atoms in total. The zero-order valence-electron chi connectivity index (χ0n) is 6.61. The molecule has 0 aliphatic rings. The Hall–Kier alpha value is -1.38. The maximum atomic E-state index is 9.95. The molecule has 0 N–H and O–H groups in total. The summed E-state index contributed by atoms with van der Waals surface area (Å²) in [7, 11) is 1.87. The van der Waals surface area contributed by atoms with Gasteiger partial charge in [-0.1, -0.05) is 0 Å². The lowest BCUT2D eigenvalue weighted by atomic mass is 10.3. The van der Waals surface area contributed by atoms with Crippen molar-refractivity contribution in [1.82, 2.24) is 9.78 Å². The van der Waals surface area contributed by atoms with Crippen molar-refractivity contribution in [2.45, 2.75) is 6.92 Å². The Bertz CT molecular complexity index is 267. The lowest BCUT2D eigenvalue weighted by Crippen LogP contribution is -1.91. The molecule has 1 aromatic heterocycles. The predicted molar refractivity (Wildman–Crippen MR) is 43.0 cm³/mol. The van der Waals surface area contributed by atoms with E-state index in [9.17, 15) is 4.79 Å². The first kappa shape index (κ1) is 7.72. The largest absolute Gasteiger partial charge is 0.299 e. The second-order valence-corrected chi connectivity index (χ2v) is 2.33. The molecule has 1 heterocycles. The van der Waals surface area contributed by atoms with E-state index in [2.05, 4.69) is 5.10 Å². The number of nitrogens with zero attached hydrogens (tertiary/aromatic N) is 2. The van der Waals surface area contributed by atoms with Crippen LogP contribution in [0.2, 0.25) is 0 Å². The van der Waals surface area contributed by atoms with Gasteiger partial charge in [0.05, 0.1) is 5.69 Å². The van der Waals surface area contributed by atoms with Gasteiger partial charge in [-0.15, -0.1) is 0 Å². The van der Waals surface area contributed by atoms with Crippen LogP contribution in [0, 0.1) is 6.92 Å². The first-order chi connectivity index (χ1) is 5.24. The van der Waals surface area contributed by atoms with E-state index in [0.717, 1.165) is 17.7 Å². The first-order valence-electron chi connectivity index (χ1n) is 3.36. The van der Waals surface area contributed by atoms with Crippen LogP contribution < -0.4 is 0 Å². The van der Waals surface area contributed by atoms with Gasteiger partial charge in [0, 0.05) is 12.7 Å². The second-order valence-electron chi connectivity index (χ2n) is 2.33. The zero-order chi connectivity index (χ0) is 8.27. The molecule has 0 unspecified atom stereocenters. The summed E-state index contributed by atoms with van der Waals surface area (Å²) in [6.07, 6.45) is 3.85. The number of aromatic nitrogens is 2. The molecule has 0 saturated carbocycles. The van der Waals surface area contributed by atoms with E-state index in [1.54, 1.807) is 10.8 Å². The summed E-state index contributed by atoms with van der Waals surface area (Å²) in [5, 5.41) is 4.12. The van der Waals surface area contributed by atoms with Crippen LogP contribution in [-0.4, -0.2) is 16.1 Å². The lowest BCUT2D eigenvalue weighted by molar-refractivity contribution is -0.104. The van der Waals surface area contributed by atoms with E-state index in [-0.39, 0.29) is 0 Å². The van der Waals surface area contributed by atoms with Crippen LogP contribution in [0.4, 0.5) is 0 Å². The van der Waals surface area contributed by atoms with E-state index < -0.39 is 0 Å². The number of carbonyl (C=O) groups is 1. The second kappa shape index (κ2) is 3.14. The smallest absolute Gasteiger partial charge is 0.142 e. The number of hydrogen-bond donors (Lipinski definition) is 0. The Morgan fingerprint density at radius 2 is 2.36 bits per heavy atom. The van der Waals surface area contributed by atoms with Gasteiger partial charge >= 0.3 is 0 Å². The molecule has 1 aromatic rings. The van der Waals surface area contributed by atoms with Crippen LogP contribution in [0.3, 0.4) is 0 Å². The molecule has 11 heavy (non-hydrogen) atoms. The Kier molecular flexibility index (Phi) is 2.21. The van der Waals surface area contributed by atoms with Crippen molar-refractivity contribution in [1.29, 1.82) is 0 Å². The van der Waals surface area contributed by atoms with Gasteiger partial charge < -0.3 is 0 Å². The average molecular weight is 150 g/mol. The van der Waals surface area contributed by atoms with Crippen molar-refractivity contribution < 1.29 is 4.79 Å². The van der Waals surface area contributed by atoms with Crippen molar-refractivity contribution in [3.8, 4) is 0 Å². The van der Waals surface area contributed by atoms with Gasteiger partial charge in [0.2, 0.25) is 0 Å². The van der Waals surface area contributed by atoms with Crippen molar-refractivity contribution >= 4 is 12.4 Å². The number of allylic oxidation sites excluding steroid dienone is 1. The van der Waals surface area contributed by atoms with Crippen molar-refractivity contribution in [2.24, 2.45) is 7.05 Å². The maximum Gasteiger partial charge on any atom is 0.142 e. The SMILES string of the molecule is Cc1cc(/C=C/C=O)nn1C. The summed E-state index contributed by atoms with van der Waals surface area (Å²) < 4.78 is 1.77. The Morgan fingerprint density at radius 1 is 1.64 bits per heavy atom. The molecule has 0 aromatic carbocycles. The van der Waals surface area contributed by atoms with Gasteiger partial charge in [-0.05, 0) is 25.1 Å². The molecule has 0 radical (unpaired) electrons. The Balaban J connectivity index is 2.88. The molecule has 0 aliphatic heterocycles. The molecule has 0 amide bonds. The number of carbonyl (C=O) groups excluding carboxylic acids is 1. The molecule has 3 heteroatoms. The number of hydrogen-bond acceptors (Lipinski definition) is 2. The Labute approximate surface area is 65.3 Å². The molecule has 0 bridgehead atoms. The highest BCUT2D eigenvalue weighted by Crippen LogP contribution is 2.01. The van der Waals surface area contributed by atoms with Gasteiger partial charge in [0.25, 0.3) is 0 Å². The highest BCUT2D eigenvalue weighted by Gasteiger charge is 1.94. The molecular formula is C8H10N2O. The van der Waals surface area contributed by atoms with E-state index in [0.29, 0.717) is 0 Å². The van der Waals surface area contributed by atoms with Crippen LogP contribution in [0.25, 0.3) is 6.08 Å². The van der Waals surface area contributed by atoms with E-state index in [1.165, 1.54) is 6.08 Å². The molecule has 0 saturated heterocycles.